The second-order valence-electron chi connectivity index (χ2n) is 6.78. The van der Waals surface area contributed by atoms with Gasteiger partial charge in [0.05, 0.1) is 11.1 Å². The van der Waals surface area contributed by atoms with Crippen LogP contribution >= 0.6 is 0 Å². The fraction of sp³-hybridized carbons (Fsp3) is 0.278. The van der Waals surface area contributed by atoms with Gasteiger partial charge in [-0.15, -0.1) is 0 Å². The smallest absolute Gasteiger partial charge is 0.273 e. The third kappa shape index (κ3) is 2.85. The minimum Gasteiger partial charge on any atom is -0.466 e. The molecule has 2 heterocycles. The second-order valence-corrected chi connectivity index (χ2v) is 8.57. The topological polar surface area (TPSA) is 126 Å². The number of nitrogens with one attached hydrogen (secondary N) is 2. The highest BCUT2D eigenvalue weighted by Crippen LogP contribution is 2.39. The third-order valence-electron chi connectivity index (χ3n) is 4.66. The van der Waals surface area contributed by atoms with Crippen molar-refractivity contribution in [2.75, 3.05) is 0 Å². The minimum atomic E-state index is -3.96. The number of sulfonamides is 1. The fourth-order valence-corrected chi connectivity index (χ4v) is 5.01. The number of hydrogen-bond acceptors (Lipinski definition) is 6. The van der Waals surface area contributed by atoms with Crippen molar-refractivity contribution in [1.29, 1.82) is 0 Å². The van der Waals surface area contributed by atoms with E-state index < -0.39 is 27.7 Å². The second kappa shape index (κ2) is 6.20. The molecule has 4 rings (SSSR count). The summed E-state index contributed by atoms with van der Waals surface area (Å²) in [4.78, 5) is 36.7. The van der Waals surface area contributed by atoms with Gasteiger partial charge in [0, 0.05) is 11.6 Å². The lowest BCUT2D eigenvalue weighted by Crippen LogP contribution is -2.41. The molecule has 1 aromatic heterocycles. The highest BCUT2D eigenvalue weighted by molar-refractivity contribution is 7.90. The summed E-state index contributed by atoms with van der Waals surface area (Å²) in [5.74, 6) is -0.870. The van der Waals surface area contributed by atoms with Crippen LogP contribution in [0.1, 0.15) is 55.4 Å². The summed E-state index contributed by atoms with van der Waals surface area (Å²) in [7, 11) is -3.96. The number of hydrogen-bond donors (Lipinski definition) is 2. The molecule has 0 radical (unpaired) electrons. The standard InChI is InChI=1S/C18H17N3O6S/c1-9-7-14(10(2)27-9)17(23)20-19-16(22)11-3-6-13-15(8-11)28(25,26)21(18(13)24)12-4-5-12/h3,6-8,12H,4-5H2,1-2H3,(H,19,22)(H,20,23). The molecule has 1 saturated carbocycles. The molecular formula is C18H17N3O6S. The Balaban J connectivity index is 1.52. The molecular weight excluding hydrogens is 386 g/mol. The minimum absolute atomic E-state index is 0.00756. The number of rotatable bonds is 3. The third-order valence-corrected chi connectivity index (χ3v) is 6.54. The first-order valence-corrected chi connectivity index (χ1v) is 10.0. The maximum Gasteiger partial charge on any atom is 0.273 e. The Labute approximate surface area is 160 Å². The molecule has 1 fully saturated rings. The summed E-state index contributed by atoms with van der Waals surface area (Å²) in [6, 6.07) is 5.05. The van der Waals surface area contributed by atoms with E-state index in [1.54, 1.807) is 13.8 Å². The van der Waals surface area contributed by atoms with E-state index in [0.717, 1.165) is 10.4 Å². The van der Waals surface area contributed by atoms with Crippen LogP contribution in [0.5, 0.6) is 0 Å². The predicted molar refractivity (Wildman–Crippen MR) is 95.9 cm³/mol. The first kappa shape index (κ1) is 18.2. The normalized spacial score (nSPS) is 17.4. The van der Waals surface area contributed by atoms with E-state index in [9.17, 15) is 22.8 Å². The Morgan fingerprint density at radius 2 is 1.79 bits per heavy atom. The van der Waals surface area contributed by atoms with Crippen LogP contribution in [0.3, 0.4) is 0 Å². The number of nitrogens with zero attached hydrogens (tertiary/aromatic N) is 1. The lowest BCUT2D eigenvalue weighted by Gasteiger charge is -2.13. The van der Waals surface area contributed by atoms with Crippen LogP contribution in [0.4, 0.5) is 0 Å². The zero-order valence-electron chi connectivity index (χ0n) is 15.1. The first-order valence-electron chi connectivity index (χ1n) is 8.60. The molecule has 1 aromatic carbocycles. The predicted octanol–water partition coefficient (Wildman–Crippen LogP) is 1.28. The van der Waals surface area contributed by atoms with Gasteiger partial charge in [-0.25, -0.2) is 12.7 Å². The van der Waals surface area contributed by atoms with E-state index in [-0.39, 0.29) is 27.6 Å². The molecule has 146 valence electrons. The molecule has 0 spiro atoms. The molecule has 0 saturated heterocycles. The van der Waals surface area contributed by atoms with Crippen LogP contribution in [0.2, 0.25) is 0 Å². The van der Waals surface area contributed by atoms with Crippen molar-refractivity contribution in [2.45, 2.75) is 37.6 Å². The first-order chi connectivity index (χ1) is 13.2. The number of hydrazine groups is 1. The summed E-state index contributed by atoms with van der Waals surface area (Å²) in [5, 5.41) is 0. The quantitative estimate of drug-likeness (QED) is 0.744. The molecule has 9 nitrogen and oxygen atoms in total. The van der Waals surface area contributed by atoms with Crippen molar-refractivity contribution in [3.8, 4) is 0 Å². The zero-order valence-corrected chi connectivity index (χ0v) is 15.9. The molecule has 2 aromatic rings. The number of carbonyl (C=O) groups is 3. The molecule has 0 atom stereocenters. The van der Waals surface area contributed by atoms with Crippen LogP contribution in [-0.2, 0) is 10.0 Å². The molecule has 1 aliphatic carbocycles. The lowest BCUT2D eigenvalue weighted by atomic mass is 10.1. The van der Waals surface area contributed by atoms with E-state index in [1.165, 1.54) is 18.2 Å². The van der Waals surface area contributed by atoms with Gasteiger partial charge in [-0.2, -0.15) is 0 Å². The van der Waals surface area contributed by atoms with E-state index in [0.29, 0.717) is 24.4 Å². The Morgan fingerprint density at radius 3 is 2.39 bits per heavy atom. The summed E-state index contributed by atoms with van der Waals surface area (Å²) in [6.07, 6.45) is 1.29. The van der Waals surface area contributed by atoms with Gasteiger partial charge in [0.15, 0.2) is 0 Å². The number of fused-ring (bicyclic) bond motifs is 1. The van der Waals surface area contributed by atoms with Crippen molar-refractivity contribution in [1.82, 2.24) is 15.2 Å². The highest BCUT2D eigenvalue weighted by Gasteiger charge is 2.48. The monoisotopic (exact) mass is 403 g/mol. The van der Waals surface area contributed by atoms with Crippen molar-refractivity contribution in [3.05, 3.63) is 52.5 Å². The van der Waals surface area contributed by atoms with E-state index in [1.807, 2.05) is 0 Å². The van der Waals surface area contributed by atoms with Crippen LogP contribution in [0, 0.1) is 13.8 Å². The molecule has 1 aliphatic heterocycles. The average molecular weight is 403 g/mol. The maximum absolute atomic E-state index is 12.6. The van der Waals surface area contributed by atoms with Crippen LogP contribution in [-0.4, -0.2) is 36.5 Å². The number of benzene rings is 1. The van der Waals surface area contributed by atoms with Crippen LogP contribution in [0.25, 0.3) is 0 Å². The van der Waals surface area contributed by atoms with E-state index >= 15 is 0 Å². The molecule has 3 amide bonds. The summed E-state index contributed by atoms with van der Waals surface area (Å²) in [5.41, 5.74) is 4.83. The number of aryl methyl sites for hydroxylation is 2. The van der Waals surface area contributed by atoms with Crippen LogP contribution in [0.15, 0.2) is 33.6 Å². The summed E-state index contributed by atoms with van der Waals surface area (Å²) in [6.45, 7) is 3.32. The highest BCUT2D eigenvalue weighted by atomic mass is 32.2. The zero-order chi connectivity index (χ0) is 20.2. The van der Waals surface area contributed by atoms with Crippen molar-refractivity contribution < 1.29 is 27.2 Å². The number of carbonyl (C=O) groups excluding carboxylic acids is 3. The summed E-state index contributed by atoms with van der Waals surface area (Å²) >= 11 is 0. The van der Waals surface area contributed by atoms with Crippen LogP contribution < -0.4 is 10.9 Å². The molecule has 0 bridgehead atoms. The van der Waals surface area contributed by atoms with Gasteiger partial charge in [-0.05, 0) is 51.0 Å². The van der Waals surface area contributed by atoms with Gasteiger partial charge in [0.1, 0.15) is 16.4 Å². The molecule has 28 heavy (non-hydrogen) atoms. The van der Waals surface area contributed by atoms with E-state index in [4.69, 9.17) is 4.42 Å². The number of amides is 3. The Kier molecular flexibility index (Phi) is 4.03. The Morgan fingerprint density at radius 1 is 1.11 bits per heavy atom. The molecule has 2 aliphatic rings. The van der Waals surface area contributed by atoms with Gasteiger partial charge in [0.2, 0.25) is 0 Å². The molecule has 2 N–H and O–H groups in total. The molecule has 10 heteroatoms. The molecule has 0 unspecified atom stereocenters. The van der Waals surface area contributed by atoms with Gasteiger partial charge in [-0.1, -0.05) is 0 Å². The largest absolute Gasteiger partial charge is 0.466 e. The van der Waals surface area contributed by atoms with Crippen molar-refractivity contribution in [3.63, 3.8) is 0 Å². The van der Waals surface area contributed by atoms with Gasteiger partial charge in [0.25, 0.3) is 27.7 Å². The fourth-order valence-electron chi connectivity index (χ4n) is 3.17. The number of furan rings is 1. The van der Waals surface area contributed by atoms with Crippen molar-refractivity contribution in [2.24, 2.45) is 0 Å². The van der Waals surface area contributed by atoms with Gasteiger partial charge < -0.3 is 4.42 Å². The van der Waals surface area contributed by atoms with E-state index in [2.05, 4.69) is 10.9 Å². The Hall–Kier alpha value is -3.14. The summed E-state index contributed by atoms with van der Waals surface area (Å²) < 4.78 is 31.4. The average Bonchev–Trinajstić information content (AvgIpc) is 3.37. The van der Waals surface area contributed by atoms with Crippen molar-refractivity contribution >= 4 is 27.7 Å². The SMILES string of the molecule is Cc1cc(C(=O)NNC(=O)c2ccc3c(c2)S(=O)(=O)N(C2CC2)C3=O)c(C)o1. The van der Waals surface area contributed by atoms with Gasteiger partial charge in [-0.3, -0.25) is 25.2 Å². The lowest BCUT2D eigenvalue weighted by molar-refractivity contribution is 0.0845. The Bertz CT molecular complexity index is 1130. The maximum atomic E-state index is 12.6. The van der Waals surface area contributed by atoms with Gasteiger partial charge >= 0.3 is 0 Å².